The molecule has 3 aliphatic rings. The van der Waals surface area contributed by atoms with Crippen LogP contribution in [-0.2, 0) is 20.0 Å². The van der Waals surface area contributed by atoms with Gasteiger partial charge in [-0.3, -0.25) is 29.1 Å². The van der Waals surface area contributed by atoms with Gasteiger partial charge < -0.3 is 36.2 Å². The Morgan fingerprint density at radius 1 is 1.14 bits per heavy atom. The van der Waals surface area contributed by atoms with E-state index in [2.05, 4.69) is 36.0 Å². The quantitative estimate of drug-likeness (QED) is 0.120. The van der Waals surface area contributed by atoms with E-state index in [4.69, 9.17) is 0 Å². The molecule has 3 aliphatic carbocycles. The van der Waals surface area contributed by atoms with E-state index in [1.54, 1.807) is 0 Å². The van der Waals surface area contributed by atoms with E-state index in [0.717, 1.165) is 0 Å². The van der Waals surface area contributed by atoms with Gasteiger partial charge in [-0.15, -0.1) is 10.2 Å². The van der Waals surface area contributed by atoms with Crippen LogP contribution in [0.5, 0.6) is 5.75 Å². The van der Waals surface area contributed by atoms with Crippen molar-refractivity contribution >= 4 is 40.3 Å². The number of hydrogen-bond donors (Lipinski definition) is 9. The molecular weight excluding hydrogens is 580 g/mol. The average molecular weight is 609 g/mol. The molecule has 3 aromatic rings. The number of likely N-dealkylation sites (N-methyl/N-ethyl adjacent to an activating group) is 1. The van der Waals surface area contributed by atoms with Crippen LogP contribution in [0.25, 0.3) is 16.9 Å². The van der Waals surface area contributed by atoms with Gasteiger partial charge in [-0.25, -0.2) is 0 Å². The molecule has 0 unspecified atom stereocenters. The number of Topliss-reactive ketones (excluding diaryl/α,β-unsaturated/α-hetero) is 2. The Balaban J connectivity index is 1.39. The molecule has 230 valence electrons. The number of ketones is 2. The van der Waals surface area contributed by atoms with Gasteiger partial charge >= 0.3 is 0 Å². The van der Waals surface area contributed by atoms with Crippen LogP contribution in [0.2, 0.25) is 0 Å². The topological polar surface area (TPSA) is 267 Å². The van der Waals surface area contributed by atoms with Crippen molar-refractivity contribution in [1.82, 2.24) is 35.6 Å². The van der Waals surface area contributed by atoms with Gasteiger partial charge in [-0.1, -0.05) is 12.1 Å². The number of nitrogens with zero attached hydrogens (tertiary/aromatic N) is 4. The first-order valence-electron chi connectivity index (χ1n) is 13.4. The van der Waals surface area contributed by atoms with E-state index in [1.165, 1.54) is 44.1 Å². The summed E-state index contributed by atoms with van der Waals surface area (Å²) in [5.74, 6) is -8.21. The van der Waals surface area contributed by atoms with Gasteiger partial charge in [0.15, 0.2) is 16.9 Å². The van der Waals surface area contributed by atoms with E-state index >= 15 is 0 Å². The van der Waals surface area contributed by atoms with Gasteiger partial charge in [0.2, 0.25) is 17.4 Å². The number of aromatic hydroxyl groups is 1. The molecule has 2 heterocycles. The van der Waals surface area contributed by atoms with Crippen molar-refractivity contribution in [1.29, 1.82) is 0 Å². The van der Waals surface area contributed by atoms with Gasteiger partial charge in [-0.2, -0.15) is 10.2 Å². The van der Waals surface area contributed by atoms with Crippen molar-refractivity contribution in [3.8, 4) is 5.75 Å². The second-order valence-corrected chi connectivity index (χ2v) is 11.4. The number of phenols is 1. The lowest BCUT2D eigenvalue weighted by Crippen LogP contribution is -2.67. The zero-order chi connectivity index (χ0) is 31.9. The minimum absolute atomic E-state index is 0.00298. The van der Waals surface area contributed by atoms with Crippen LogP contribution >= 0.6 is 0 Å². The van der Waals surface area contributed by atoms with Gasteiger partial charge in [0, 0.05) is 17.4 Å². The molecule has 0 spiro atoms. The maximum atomic E-state index is 14.1. The molecule has 9 N–H and O–H groups in total. The van der Waals surface area contributed by atoms with Crippen LogP contribution in [0.3, 0.4) is 0 Å². The monoisotopic (exact) mass is 608 g/mol. The number of nitrogens with one attached hydrogen (secondary N) is 4. The normalized spacial score (nSPS) is 28.2. The highest BCUT2D eigenvalue weighted by atomic mass is 16.3. The summed E-state index contributed by atoms with van der Waals surface area (Å²) in [7, 11) is 2.98. The molecule has 44 heavy (non-hydrogen) atoms. The summed E-state index contributed by atoms with van der Waals surface area (Å²) in [6.45, 7) is 0.962. The zero-order valence-corrected chi connectivity index (χ0v) is 23.5. The number of carbonyl (C=O) groups is 3. The number of phenolic OH excluding ortho intramolecular Hbond substituents is 1. The largest absolute Gasteiger partial charge is 0.508 e. The minimum Gasteiger partial charge on any atom is -0.508 e. The second-order valence-electron chi connectivity index (χ2n) is 11.4. The first-order valence-corrected chi connectivity index (χ1v) is 13.4. The van der Waals surface area contributed by atoms with Crippen molar-refractivity contribution in [2.24, 2.45) is 11.8 Å². The van der Waals surface area contributed by atoms with Gasteiger partial charge in [0.1, 0.15) is 22.8 Å². The second kappa shape index (κ2) is 9.69. The summed E-state index contributed by atoms with van der Waals surface area (Å²) in [5, 5.41) is 71.2. The summed E-state index contributed by atoms with van der Waals surface area (Å²) in [6, 6.07) is 2.88. The molecule has 1 aromatic carbocycles. The number of amides is 1. The molecule has 0 saturated heterocycles. The summed E-state index contributed by atoms with van der Waals surface area (Å²) >= 11 is 0. The van der Waals surface area contributed by atoms with Crippen LogP contribution in [-0.4, -0.2) is 106 Å². The fourth-order valence-electron chi connectivity index (χ4n) is 6.62. The Labute approximate surface area is 246 Å². The van der Waals surface area contributed by atoms with Crippen molar-refractivity contribution in [3.63, 3.8) is 0 Å². The number of aromatic nitrogens is 5. The number of anilines is 1. The van der Waals surface area contributed by atoms with Gasteiger partial charge in [-0.05, 0) is 39.1 Å². The number of hydrogen-bond acceptors (Lipinski definition) is 14. The van der Waals surface area contributed by atoms with Crippen molar-refractivity contribution in [2.75, 3.05) is 26.1 Å². The Hall–Kier alpha value is -5.13. The Bertz CT molecular complexity index is 1890. The average Bonchev–Trinajstić information content (AvgIpc) is 3.43. The third-order valence-electron chi connectivity index (χ3n) is 8.70. The number of H-pyrrole nitrogens is 2. The molecule has 5 atom stereocenters. The van der Waals surface area contributed by atoms with E-state index in [-0.39, 0.29) is 34.7 Å². The molecule has 0 aliphatic heterocycles. The highest BCUT2D eigenvalue weighted by molar-refractivity contribution is 6.25. The smallest absolute Gasteiger partial charge is 0.282 e. The number of aliphatic hydroxyl groups excluding tert-OH is 2. The lowest BCUT2D eigenvalue weighted by Gasteiger charge is -2.53. The molecule has 1 amide bonds. The number of benzene rings is 1. The van der Waals surface area contributed by atoms with E-state index in [0.29, 0.717) is 0 Å². The number of carbonyl (C=O) groups excluding carboxylic acids is 3. The zero-order valence-electron chi connectivity index (χ0n) is 23.5. The highest BCUT2D eigenvalue weighted by Crippen LogP contribution is 2.57. The van der Waals surface area contributed by atoms with Crippen LogP contribution in [0.4, 0.5) is 5.95 Å². The summed E-state index contributed by atoms with van der Waals surface area (Å²) in [6.07, 6.45) is -0.262. The molecule has 17 heteroatoms. The number of rotatable bonds is 5. The Kier molecular flexibility index (Phi) is 6.38. The third kappa shape index (κ3) is 3.86. The van der Waals surface area contributed by atoms with Crippen LogP contribution in [0, 0.1) is 11.8 Å². The lowest BCUT2D eigenvalue weighted by atomic mass is 9.54. The highest BCUT2D eigenvalue weighted by Gasteiger charge is 2.66. The maximum absolute atomic E-state index is 14.1. The standard InChI is InChI=1S/C27H28N8O9/c1-26(43)9-5-4-6-12(36)13(9)18(37)14-10(26)7-11-17(35(2)3)19(38)15(21(40)27(11,44)20(14)39)23(41)28-8-29-25-30-22-16(24(42)31-25)32-34-33-22/h4-6,10-11,17,36-37,40,43-44H,7-8H2,1-3H3,(H,28,41)(H3,29,30,31,32,33,34,42)/t10-,11-,17-,26+,27-/m0/s1. The summed E-state index contributed by atoms with van der Waals surface area (Å²) < 4.78 is 0. The Morgan fingerprint density at radius 2 is 1.86 bits per heavy atom. The van der Waals surface area contributed by atoms with Crippen molar-refractivity contribution < 1.29 is 39.9 Å². The molecule has 6 rings (SSSR count). The molecule has 17 nitrogen and oxygen atoms in total. The summed E-state index contributed by atoms with van der Waals surface area (Å²) in [4.78, 5) is 61.1. The molecule has 2 aromatic heterocycles. The van der Waals surface area contributed by atoms with Crippen molar-refractivity contribution in [3.05, 3.63) is 56.6 Å². The van der Waals surface area contributed by atoms with Crippen LogP contribution in [0.1, 0.15) is 24.5 Å². The van der Waals surface area contributed by atoms with Crippen LogP contribution < -0.4 is 16.2 Å². The first kappa shape index (κ1) is 29.0. The van der Waals surface area contributed by atoms with E-state index < -0.39 is 87.2 Å². The third-order valence-corrected chi connectivity index (χ3v) is 8.70. The fourth-order valence-corrected chi connectivity index (χ4v) is 6.62. The molecular formula is C27H28N8O9. The van der Waals surface area contributed by atoms with Gasteiger partial charge in [0.25, 0.3) is 11.5 Å². The molecule has 1 saturated carbocycles. The number of aromatic amines is 2. The van der Waals surface area contributed by atoms with E-state index in [1.807, 2.05) is 0 Å². The first-order chi connectivity index (χ1) is 20.7. The van der Waals surface area contributed by atoms with Gasteiger partial charge in [0.05, 0.1) is 23.9 Å². The number of aliphatic hydroxyl groups is 4. The predicted octanol–water partition coefficient (Wildman–Crippen LogP) is -1.32. The SMILES string of the molecule is CN(C)[C@@H]1C(=O)C(C(=O)NCNc2nc3n[nH]nc3c(=O)[nH]2)=C(O)[C@@]2(O)C(=O)C3=C(O)c4c(O)cccc4[C@@](C)(O)[C@H]3C[C@@H]12. The predicted molar refractivity (Wildman–Crippen MR) is 150 cm³/mol. The Morgan fingerprint density at radius 3 is 2.57 bits per heavy atom. The van der Waals surface area contributed by atoms with Crippen LogP contribution in [0.15, 0.2) is 39.9 Å². The number of fused-ring (bicyclic) bond motifs is 4. The molecule has 0 bridgehead atoms. The summed E-state index contributed by atoms with van der Waals surface area (Å²) in [5.41, 5.74) is -6.78. The maximum Gasteiger partial charge on any atom is 0.282 e. The van der Waals surface area contributed by atoms with Crippen molar-refractivity contribution in [2.45, 2.75) is 30.6 Å². The molecule has 0 radical (unpaired) electrons. The minimum atomic E-state index is -2.86. The lowest BCUT2D eigenvalue weighted by molar-refractivity contribution is -0.159. The molecule has 1 fully saturated rings. The fraction of sp³-hybridized carbons (Fsp3) is 0.370. The van der Waals surface area contributed by atoms with E-state index in [9.17, 15) is 44.7 Å².